The molecule has 3 nitrogen and oxygen atoms in total. The van der Waals surface area contributed by atoms with Crippen LogP contribution in [0.25, 0.3) is 0 Å². The van der Waals surface area contributed by atoms with Gasteiger partial charge in [-0.05, 0) is 49.1 Å². The average Bonchev–Trinajstić information content (AvgIpc) is 2.50. The van der Waals surface area contributed by atoms with Crippen molar-refractivity contribution in [2.75, 3.05) is 11.9 Å². The van der Waals surface area contributed by atoms with Gasteiger partial charge in [0.1, 0.15) is 0 Å². The van der Waals surface area contributed by atoms with Gasteiger partial charge in [-0.3, -0.25) is 4.79 Å². The minimum atomic E-state index is 0.0161. The highest BCUT2D eigenvalue weighted by Crippen LogP contribution is 2.21. The van der Waals surface area contributed by atoms with Gasteiger partial charge in [-0.1, -0.05) is 30.3 Å². The normalized spacial score (nSPS) is 16.8. The van der Waals surface area contributed by atoms with Gasteiger partial charge in [-0.25, -0.2) is 0 Å². The number of rotatable bonds is 2. The summed E-state index contributed by atoms with van der Waals surface area (Å²) in [5, 5.41) is 6.52. The SMILES string of the molecule is Cc1cccc(C(=O)NC2CNc3ccccc3C2)c1C. The molecule has 21 heavy (non-hydrogen) atoms. The van der Waals surface area contributed by atoms with Crippen molar-refractivity contribution in [3.8, 4) is 0 Å². The molecule has 0 bridgehead atoms. The van der Waals surface area contributed by atoms with Crippen LogP contribution in [0.1, 0.15) is 27.0 Å². The third-order valence-electron chi connectivity index (χ3n) is 4.21. The van der Waals surface area contributed by atoms with Gasteiger partial charge < -0.3 is 10.6 Å². The Balaban J connectivity index is 1.73. The Morgan fingerprint density at radius 2 is 1.95 bits per heavy atom. The highest BCUT2D eigenvalue weighted by Gasteiger charge is 2.20. The molecule has 1 aliphatic heterocycles. The predicted molar refractivity (Wildman–Crippen MR) is 85.8 cm³/mol. The third kappa shape index (κ3) is 2.77. The molecule has 0 aromatic heterocycles. The van der Waals surface area contributed by atoms with Gasteiger partial charge in [0.05, 0.1) is 6.04 Å². The number of aryl methyl sites for hydroxylation is 1. The van der Waals surface area contributed by atoms with Crippen molar-refractivity contribution < 1.29 is 4.79 Å². The molecule has 1 aliphatic rings. The molecule has 1 unspecified atom stereocenters. The number of carbonyl (C=O) groups excluding carboxylic acids is 1. The van der Waals surface area contributed by atoms with Gasteiger partial charge in [0.15, 0.2) is 0 Å². The average molecular weight is 280 g/mol. The Morgan fingerprint density at radius 1 is 1.14 bits per heavy atom. The van der Waals surface area contributed by atoms with E-state index in [1.165, 1.54) is 11.3 Å². The van der Waals surface area contributed by atoms with Crippen LogP contribution in [0.5, 0.6) is 0 Å². The van der Waals surface area contributed by atoms with E-state index in [2.05, 4.69) is 22.8 Å². The van der Waals surface area contributed by atoms with E-state index in [-0.39, 0.29) is 11.9 Å². The summed E-state index contributed by atoms with van der Waals surface area (Å²) in [6.07, 6.45) is 0.875. The molecule has 108 valence electrons. The first-order chi connectivity index (χ1) is 10.1. The molecule has 0 saturated heterocycles. The maximum absolute atomic E-state index is 12.5. The number of nitrogens with one attached hydrogen (secondary N) is 2. The van der Waals surface area contributed by atoms with Gasteiger partial charge in [-0.15, -0.1) is 0 Å². The predicted octanol–water partition coefficient (Wildman–Crippen LogP) is 3.07. The lowest BCUT2D eigenvalue weighted by atomic mass is 9.98. The van der Waals surface area contributed by atoms with E-state index in [0.717, 1.165) is 29.7 Å². The molecule has 0 fully saturated rings. The van der Waals surface area contributed by atoms with Crippen molar-refractivity contribution >= 4 is 11.6 Å². The second-order valence-corrected chi connectivity index (χ2v) is 5.66. The standard InChI is InChI=1S/C18H20N2O/c1-12-6-5-8-16(13(12)2)18(21)20-15-10-14-7-3-4-9-17(14)19-11-15/h3-9,15,19H,10-11H2,1-2H3,(H,20,21). The number of fused-ring (bicyclic) bond motifs is 1. The number of para-hydroxylation sites is 1. The molecule has 0 aliphatic carbocycles. The Labute approximate surface area is 125 Å². The molecule has 0 radical (unpaired) electrons. The van der Waals surface area contributed by atoms with Gasteiger partial charge in [0.2, 0.25) is 0 Å². The van der Waals surface area contributed by atoms with Crippen LogP contribution >= 0.6 is 0 Å². The fourth-order valence-electron chi connectivity index (χ4n) is 2.80. The van der Waals surface area contributed by atoms with Crippen molar-refractivity contribution in [1.29, 1.82) is 0 Å². The molecule has 0 spiro atoms. The van der Waals surface area contributed by atoms with Crippen LogP contribution in [-0.2, 0) is 6.42 Å². The number of hydrogen-bond donors (Lipinski definition) is 2. The lowest BCUT2D eigenvalue weighted by Crippen LogP contribution is -2.43. The zero-order valence-electron chi connectivity index (χ0n) is 12.4. The molecule has 2 N–H and O–H groups in total. The summed E-state index contributed by atoms with van der Waals surface area (Å²) in [7, 11) is 0. The highest BCUT2D eigenvalue weighted by atomic mass is 16.1. The quantitative estimate of drug-likeness (QED) is 0.887. The minimum Gasteiger partial charge on any atom is -0.383 e. The van der Waals surface area contributed by atoms with Crippen LogP contribution in [0.15, 0.2) is 42.5 Å². The van der Waals surface area contributed by atoms with Crippen LogP contribution in [0.3, 0.4) is 0 Å². The van der Waals surface area contributed by atoms with Gasteiger partial charge in [-0.2, -0.15) is 0 Å². The summed E-state index contributed by atoms with van der Waals surface area (Å²) < 4.78 is 0. The molecule has 0 saturated carbocycles. The second kappa shape index (κ2) is 5.60. The fraction of sp³-hybridized carbons (Fsp3) is 0.278. The first kappa shape index (κ1) is 13.7. The van der Waals surface area contributed by atoms with Gasteiger partial charge in [0, 0.05) is 17.8 Å². The summed E-state index contributed by atoms with van der Waals surface area (Å²) in [4.78, 5) is 12.5. The Morgan fingerprint density at radius 3 is 2.81 bits per heavy atom. The van der Waals surface area contributed by atoms with Crippen LogP contribution in [0, 0.1) is 13.8 Å². The first-order valence-electron chi connectivity index (χ1n) is 7.34. The van der Waals surface area contributed by atoms with E-state index < -0.39 is 0 Å². The summed E-state index contributed by atoms with van der Waals surface area (Å²) in [5.74, 6) is 0.0161. The topological polar surface area (TPSA) is 41.1 Å². The molecule has 2 aromatic carbocycles. The van der Waals surface area contributed by atoms with Crippen molar-refractivity contribution in [2.24, 2.45) is 0 Å². The van der Waals surface area contributed by atoms with Crippen LogP contribution < -0.4 is 10.6 Å². The lowest BCUT2D eigenvalue weighted by Gasteiger charge is -2.27. The van der Waals surface area contributed by atoms with Crippen molar-refractivity contribution in [2.45, 2.75) is 26.3 Å². The Hall–Kier alpha value is -2.29. The minimum absolute atomic E-state index is 0.0161. The van der Waals surface area contributed by atoms with E-state index in [4.69, 9.17) is 0 Å². The largest absolute Gasteiger partial charge is 0.383 e. The lowest BCUT2D eigenvalue weighted by molar-refractivity contribution is 0.0937. The fourth-order valence-corrected chi connectivity index (χ4v) is 2.80. The summed E-state index contributed by atoms with van der Waals surface area (Å²) in [6.45, 7) is 4.80. The Kier molecular flexibility index (Phi) is 3.65. The number of hydrogen-bond acceptors (Lipinski definition) is 2. The smallest absolute Gasteiger partial charge is 0.251 e. The number of amides is 1. The number of carbonyl (C=O) groups is 1. The summed E-state index contributed by atoms with van der Waals surface area (Å²) >= 11 is 0. The van der Waals surface area contributed by atoms with E-state index in [0.29, 0.717) is 0 Å². The molecule has 3 heteroatoms. The zero-order chi connectivity index (χ0) is 14.8. The van der Waals surface area contributed by atoms with Gasteiger partial charge in [0.25, 0.3) is 5.91 Å². The molecule has 1 heterocycles. The number of benzene rings is 2. The molecular formula is C18H20N2O. The molecule has 2 aromatic rings. The van der Waals surface area contributed by atoms with Crippen LogP contribution in [0.2, 0.25) is 0 Å². The maximum Gasteiger partial charge on any atom is 0.251 e. The second-order valence-electron chi connectivity index (χ2n) is 5.66. The monoisotopic (exact) mass is 280 g/mol. The van der Waals surface area contributed by atoms with Crippen LogP contribution in [0.4, 0.5) is 5.69 Å². The summed E-state index contributed by atoms with van der Waals surface area (Å²) in [5.41, 5.74) is 5.41. The van der Waals surface area contributed by atoms with Crippen molar-refractivity contribution in [3.05, 3.63) is 64.7 Å². The third-order valence-corrected chi connectivity index (χ3v) is 4.21. The van der Waals surface area contributed by atoms with E-state index in [1.54, 1.807) is 0 Å². The molecular weight excluding hydrogens is 260 g/mol. The molecule has 3 rings (SSSR count). The Bertz CT molecular complexity index is 679. The van der Waals surface area contributed by atoms with Crippen LogP contribution in [-0.4, -0.2) is 18.5 Å². The number of anilines is 1. The highest BCUT2D eigenvalue weighted by molar-refractivity contribution is 5.96. The maximum atomic E-state index is 12.5. The summed E-state index contributed by atoms with van der Waals surface area (Å²) in [6, 6.07) is 14.2. The first-order valence-corrected chi connectivity index (χ1v) is 7.34. The van der Waals surface area contributed by atoms with E-state index >= 15 is 0 Å². The van der Waals surface area contributed by atoms with Crippen molar-refractivity contribution in [1.82, 2.24) is 5.32 Å². The molecule has 1 amide bonds. The van der Waals surface area contributed by atoms with E-state index in [9.17, 15) is 4.79 Å². The zero-order valence-corrected chi connectivity index (χ0v) is 12.4. The molecule has 1 atom stereocenters. The van der Waals surface area contributed by atoms with Gasteiger partial charge >= 0.3 is 0 Å². The van der Waals surface area contributed by atoms with Crippen molar-refractivity contribution in [3.63, 3.8) is 0 Å². The van der Waals surface area contributed by atoms with E-state index in [1.807, 2.05) is 44.2 Å².